The third kappa shape index (κ3) is 2.73. The molecule has 2 aliphatic heterocycles. The number of nitrogens with zero attached hydrogens (tertiary/aromatic N) is 2. The summed E-state index contributed by atoms with van der Waals surface area (Å²) >= 11 is 0. The Hall–Kier alpha value is -1.73. The van der Waals surface area contributed by atoms with Gasteiger partial charge in [-0.2, -0.15) is 5.26 Å². The van der Waals surface area contributed by atoms with Crippen molar-refractivity contribution in [2.45, 2.75) is 31.7 Å². The van der Waals surface area contributed by atoms with Crippen molar-refractivity contribution in [1.29, 1.82) is 5.26 Å². The predicted molar refractivity (Wildman–Crippen MR) is 75.8 cm³/mol. The fraction of sp³-hybridized carbons (Fsp3) is 0.562. The first-order valence-corrected chi connectivity index (χ1v) is 7.39. The largest absolute Gasteiger partial charge is 0.486 e. The number of unbranched alkanes of at least 4 members (excludes halogenated alkanes) is 1. The summed E-state index contributed by atoms with van der Waals surface area (Å²) in [5, 5.41) is 8.66. The quantitative estimate of drug-likeness (QED) is 0.791. The number of ether oxygens (including phenoxy) is 2. The molecular weight excluding hydrogens is 252 g/mol. The number of likely N-dealkylation sites (tertiary alicyclic amines) is 1. The molecule has 1 fully saturated rings. The number of hydrogen-bond acceptors (Lipinski definition) is 4. The lowest BCUT2D eigenvalue weighted by molar-refractivity contribution is 0.170. The average Bonchev–Trinajstić information content (AvgIpc) is 2.95. The zero-order chi connectivity index (χ0) is 13.8. The van der Waals surface area contributed by atoms with Crippen molar-refractivity contribution in [2.24, 2.45) is 0 Å². The van der Waals surface area contributed by atoms with Crippen LogP contribution in [0.15, 0.2) is 18.2 Å². The fourth-order valence-corrected chi connectivity index (χ4v) is 3.10. The number of benzene rings is 1. The summed E-state index contributed by atoms with van der Waals surface area (Å²) in [4.78, 5) is 2.49. The highest BCUT2D eigenvalue weighted by molar-refractivity contribution is 5.44. The van der Waals surface area contributed by atoms with Crippen LogP contribution in [0.4, 0.5) is 0 Å². The molecule has 0 bridgehead atoms. The molecule has 2 aliphatic rings. The average molecular weight is 272 g/mol. The van der Waals surface area contributed by atoms with Crippen LogP contribution in [0.1, 0.15) is 37.3 Å². The fourth-order valence-electron chi connectivity index (χ4n) is 3.10. The van der Waals surface area contributed by atoms with Crippen molar-refractivity contribution >= 4 is 0 Å². The standard InChI is InChI=1S/C16H20N2O2/c17-7-1-2-8-18-9-3-4-14(18)13-5-6-15-16(12-13)20-11-10-19-15/h5-6,12,14H,1-4,8-11H2. The zero-order valence-corrected chi connectivity index (χ0v) is 11.7. The van der Waals surface area contributed by atoms with E-state index in [1.165, 1.54) is 18.4 Å². The van der Waals surface area contributed by atoms with Gasteiger partial charge in [-0.1, -0.05) is 6.07 Å². The van der Waals surface area contributed by atoms with Crippen LogP contribution in [-0.4, -0.2) is 31.2 Å². The summed E-state index contributed by atoms with van der Waals surface area (Å²) in [6.07, 6.45) is 4.01. The number of fused-ring (bicyclic) bond motifs is 1. The molecule has 0 aliphatic carbocycles. The van der Waals surface area contributed by atoms with Crippen LogP contribution in [0.25, 0.3) is 0 Å². The van der Waals surface area contributed by atoms with Crippen LogP contribution in [-0.2, 0) is 0 Å². The minimum atomic E-state index is 0.463. The van der Waals surface area contributed by atoms with E-state index in [4.69, 9.17) is 14.7 Å². The molecule has 106 valence electrons. The third-order valence-corrected chi connectivity index (χ3v) is 4.05. The molecule has 1 aromatic rings. The minimum Gasteiger partial charge on any atom is -0.486 e. The van der Waals surface area contributed by atoms with Gasteiger partial charge in [0.25, 0.3) is 0 Å². The Morgan fingerprint density at radius 1 is 1.25 bits per heavy atom. The Kier molecular flexibility index (Phi) is 4.08. The minimum absolute atomic E-state index is 0.463. The van der Waals surface area contributed by atoms with E-state index in [0.29, 0.717) is 25.7 Å². The molecule has 1 atom stereocenters. The molecule has 0 N–H and O–H groups in total. The molecule has 0 spiro atoms. The van der Waals surface area contributed by atoms with E-state index in [2.05, 4.69) is 23.1 Å². The molecule has 20 heavy (non-hydrogen) atoms. The molecule has 0 amide bonds. The molecule has 2 heterocycles. The summed E-state index contributed by atoms with van der Waals surface area (Å²) in [5.74, 6) is 1.73. The SMILES string of the molecule is N#CCCCN1CCCC1c1ccc2c(c1)OCCO2. The third-order valence-electron chi connectivity index (χ3n) is 4.05. The van der Waals surface area contributed by atoms with Crippen LogP contribution in [0.5, 0.6) is 11.5 Å². The molecule has 1 aromatic carbocycles. The first-order chi connectivity index (χ1) is 9.88. The van der Waals surface area contributed by atoms with E-state index in [-0.39, 0.29) is 0 Å². The second kappa shape index (κ2) is 6.15. The monoisotopic (exact) mass is 272 g/mol. The van der Waals surface area contributed by atoms with E-state index in [1.54, 1.807) is 0 Å². The molecular formula is C16H20N2O2. The maximum absolute atomic E-state index is 8.66. The van der Waals surface area contributed by atoms with Gasteiger partial charge in [0.15, 0.2) is 11.5 Å². The van der Waals surface area contributed by atoms with Crippen molar-refractivity contribution in [3.8, 4) is 17.6 Å². The lowest BCUT2D eigenvalue weighted by Crippen LogP contribution is -2.24. The maximum atomic E-state index is 8.66. The highest BCUT2D eigenvalue weighted by atomic mass is 16.6. The summed E-state index contributed by atoms with van der Waals surface area (Å²) in [5.41, 5.74) is 1.31. The Morgan fingerprint density at radius 2 is 2.10 bits per heavy atom. The highest BCUT2D eigenvalue weighted by Crippen LogP contribution is 2.38. The normalized spacial score (nSPS) is 21.6. The van der Waals surface area contributed by atoms with Crippen LogP contribution in [0.2, 0.25) is 0 Å². The van der Waals surface area contributed by atoms with Gasteiger partial charge in [-0.15, -0.1) is 0 Å². The zero-order valence-electron chi connectivity index (χ0n) is 11.7. The first kappa shape index (κ1) is 13.3. The Bertz CT molecular complexity index is 510. The Morgan fingerprint density at radius 3 is 2.95 bits per heavy atom. The molecule has 0 aromatic heterocycles. The van der Waals surface area contributed by atoms with Gasteiger partial charge < -0.3 is 9.47 Å². The number of nitriles is 1. The smallest absolute Gasteiger partial charge is 0.161 e. The molecule has 0 radical (unpaired) electrons. The Balaban J connectivity index is 1.72. The Labute approximate surface area is 119 Å². The van der Waals surface area contributed by atoms with Gasteiger partial charge in [-0.05, 0) is 50.0 Å². The van der Waals surface area contributed by atoms with Crippen LogP contribution in [0, 0.1) is 11.3 Å². The summed E-state index contributed by atoms with van der Waals surface area (Å²) in [7, 11) is 0. The number of hydrogen-bond donors (Lipinski definition) is 0. The first-order valence-electron chi connectivity index (χ1n) is 7.39. The van der Waals surface area contributed by atoms with Crippen molar-refractivity contribution in [1.82, 2.24) is 4.90 Å². The van der Waals surface area contributed by atoms with Crippen LogP contribution >= 0.6 is 0 Å². The van der Waals surface area contributed by atoms with Crippen LogP contribution < -0.4 is 9.47 Å². The van der Waals surface area contributed by atoms with Crippen molar-refractivity contribution < 1.29 is 9.47 Å². The maximum Gasteiger partial charge on any atom is 0.161 e. The summed E-state index contributed by atoms with van der Waals surface area (Å²) in [6, 6.07) is 8.99. The van der Waals surface area contributed by atoms with Gasteiger partial charge in [0.05, 0.1) is 6.07 Å². The van der Waals surface area contributed by atoms with Crippen molar-refractivity contribution in [3.05, 3.63) is 23.8 Å². The van der Waals surface area contributed by atoms with E-state index >= 15 is 0 Å². The highest BCUT2D eigenvalue weighted by Gasteiger charge is 2.26. The summed E-state index contributed by atoms with van der Waals surface area (Å²) < 4.78 is 11.2. The molecule has 4 nitrogen and oxygen atoms in total. The van der Waals surface area contributed by atoms with Gasteiger partial charge in [0.1, 0.15) is 13.2 Å². The van der Waals surface area contributed by atoms with Gasteiger partial charge in [-0.25, -0.2) is 0 Å². The molecule has 1 unspecified atom stereocenters. The van der Waals surface area contributed by atoms with Crippen molar-refractivity contribution in [2.75, 3.05) is 26.3 Å². The lowest BCUT2D eigenvalue weighted by atomic mass is 10.0. The molecule has 4 heteroatoms. The van der Waals surface area contributed by atoms with Crippen LogP contribution in [0.3, 0.4) is 0 Å². The predicted octanol–water partition coefficient (Wildman–Crippen LogP) is 2.90. The van der Waals surface area contributed by atoms with E-state index in [0.717, 1.165) is 31.0 Å². The van der Waals surface area contributed by atoms with E-state index in [1.807, 2.05) is 6.07 Å². The second-order valence-electron chi connectivity index (χ2n) is 5.36. The molecule has 3 rings (SSSR count). The van der Waals surface area contributed by atoms with Gasteiger partial charge in [0.2, 0.25) is 0 Å². The van der Waals surface area contributed by atoms with Gasteiger partial charge >= 0.3 is 0 Å². The molecule has 1 saturated heterocycles. The van der Waals surface area contributed by atoms with Gasteiger partial charge in [0, 0.05) is 12.5 Å². The topological polar surface area (TPSA) is 45.5 Å². The van der Waals surface area contributed by atoms with Crippen molar-refractivity contribution in [3.63, 3.8) is 0 Å². The molecule has 0 saturated carbocycles. The van der Waals surface area contributed by atoms with E-state index < -0.39 is 0 Å². The second-order valence-corrected chi connectivity index (χ2v) is 5.36. The summed E-state index contributed by atoms with van der Waals surface area (Å²) in [6.45, 7) is 3.40. The van der Waals surface area contributed by atoms with E-state index in [9.17, 15) is 0 Å². The number of rotatable bonds is 4. The lowest BCUT2D eigenvalue weighted by Gasteiger charge is -2.26. The van der Waals surface area contributed by atoms with Gasteiger partial charge in [-0.3, -0.25) is 4.90 Å².